The summed E-state index contributed by atoms with van der Waals surface area (Å²) in [6, 6.07) is 2.15. The summed E-state index contributed by atoms with van der Waals surface area (Å²) in [6.07, 6.45) is -3.26. The number of aliphatic imine (C=N–C) groups is 1. The second-order valence-corrected chi connectivity index (χ2v) is 5.57. The molecule has 0 aliphatic heterocycles. The number of ether oxygens (including phenoxy) is 1. The van der Waals surface area contributed by atoms with E-state index in [-0.39, 0.29) is 43.7 Å². The molecule has 0 bridgehead atoms. The fourth-order valence-corrected chi connectivity index (χ4v) is 2.13. The van der Waals surface area contributed by atoms with E-state index in [1.807, 2.05) is 20.8 Å². The number of nitrogens with one attached hydrogen (secondary N) is 2. The first-order valence-corrected chi connectivity index (χ1v) is 8.41. The summed E-state index contributed by atoms with van der Waals surface area (Å²) in [5.74, 6) is 1.26. The highest BCUT2D eigenvalue weighted by atomic mass is 127. The van der Waals surface area contributed by atoms with Gasteiger partial charge in [0.1, 0.15) is 24.5 Å². The van der Waals surface area contributed by atoms with Crippen molar-refractivity contribution in [2.45, 2.75) is 33.5 Å². The molecule has 0 saturated heterocycles. The van der Waals surface area contributed by atoms with Crippen molar-refractivity contribution >= 4 is 29.9 Å². The number of hydrogen-bond acceptors (Lipinski definition) is 5. The van der Waals surface area contributed by atoms with Gasteiger partial charge in [-0.15, -0.1) is 24.0 Å². The van der Waals surface area contributed by atoms with Crippen LogP contribution in [0.3, 0.4) is 0 Å². The summed E-state index contributed by atoms with van der Waals surface area (Å²) in [6.45, 7) is 6.66. The molecule has 2 heterocycles. The number of pyridine rings is 1. The Hall–Kier alpha value is -2.05. The van der Waals surface area contributed by atoms with Gasteiger partial charge >= 0.3 is 6.18 Å². The smallest absolute Gasteiger partial charge is 0.421 e. The quantitative estimate of drug-likeness (QED) is 0.256. The molecule has 0 atom stereocenters. The van der Waals surface area contributed by atoms with Crippen molar-refractivity contribution in [2.24, 2.45) is 4.99 Å². The van der Waals surface area contributed by atoms with Gasteiger partial charge < -0.3 is 19.8 Å². The number of guanidine groups is 1. The second-order valence-electron chi connectivity index (χ2n) is 5.57. The van der Waals surface area contributed by atoms with Crippen LogP contribution in [-0.2, 0) is 12.7 Å². The predicted octanol–water partition coefficient (Wildman–Crippen LogP) is 3.46. The summed E-state index contributed by atoms with van der Waals surface area (Å²) in [4.78, 5) is 12.2. The first-order chi connectivity index (χ1) is 12.8. The highest BCUT2D eigenvalue weighted by Gasteiger charge is 2.34. The van der Waals surface area contributed by atoms with Crippen molar-refractivity contribution < 1.29 is 22.3 Å². The minimum absolute atomic E-state index is 0. The van der Waals surface area contributed by atoms with Crippen molar-refractivity contribution in [3.8, 4) is 5.88 Å². The normalized spacial score (nSPS) is 11.7. The summed E-state index contributed by atoms with van der Waals surface area (Å²) in [5.41, 5.74) is -0.0948. The summed E-state index contributed by atoms with van der Waals surface area (Å²) in [7, 11) is 0. The zero-order valence-electron chi connectivity index (χ0n) is 15.8. The third-order valence-corrected chi connectivity index (χ3v) is 3.50. The van der Waals surface area contributed by atoms with Gasteiger partial charge in [-0.05, 0) is 32.9 Å². The first-order valence-electron chi connectivity index (χ1n) is 8.41. The van der Waals surface area contributed by atoms with Gasteiger partial charge in [0, 0.05) is 12.7 Å². The van der Waals surface area contributed by atoms with Crippen molar-refractivity contribution in [3.63, 3.8) is 0 Å². The zero-order chi connectivity index (χ0) is 19.9. The lowest BCUT2D eigenvalue weighted by Crippen LogP contribution is -2.39. The molecule has 2 N–H and O–H groups in total. The monoisotopic (exact) mass is 513 g/mol. The van der Waals surface area contributed by atoms with E-state index in [9.17, 15) is 13.2 Å². The molecule has 156 valence electrons. The Labute approximate surface area is 178 Å². The minimum Gasteiger partial charge on any atom is -0.475 e. The number of alkyl halides is 3. The van der Waals surface area contributed by atoms with E-state index in [1.54, 1.807) is 0 Å². The number of oxazole rings is 1. The number of halogens is 4. The molecular weight excluding hydrogens is 490 g/mol. The van der Waals surface area contributed by atoms with Crippen molar-refractivity contribution in [1.29, 1.82) is 0 Å². The van der Waals surface area contributed by atoms with Crippen LogP contribution in [0.1, 0.15) is 29.8 Å². The van der Waals surface area contributed by atoms with Crippen LogP contribution in [0.5, 0.6) is 5.88 Å². The first kappa shape index (κ1) is 24.0. The number of hydrogen-bond donors (Lipinski definition) is 2. The molecule has 0 saturated carbocycles. The van der Waals surface area contributed by atoms with Crippen LogP contribution in [-0.4, -0.2) is 35.6 Å². The van der Waals surface area contributed by atoms with Gasteiger partial charge in [-0.2, -0.15) is 13.2 Å². The van der Waals surface area contributed by atoms with Gasteiger partial charge in [0.25, 0.3) is 0 Å². The van der Waals surface area contributed by atoms with Crippen LogP contribution in [0.2, 0.25) is 0 Å². The summed E-state index contributed by atoms with van der Waals surface area (Å²) >= 11 is 0. The Bertz CT molecular complexity index is 761. The molecule has 0 aromatic carbocycles. The van der Waals surface area contributed by atoms with Crippen LogP contribution in [0.4, 0.5) is 13.2 Å². The topological polar surface area (TPSA) is 84.6 Å². The number of nitrogens with zero attached hydrogens (tertiary/aromatic N) is 3. The minimum atomic E-state index is -4.51. The van der Waals surface area contributed by atoms with E-state index in [1.165, 1.54) is 12.3 Å². The van der Waals surface area contributed by atoms with Crippen molar-refractivity contribution in [1.82, 2.24) is 20.6 Å². The van der Waals surface area contributed by atoms with Gasteiger partial charge in [-0.1, -0.05) is 0 Å². The second kappa shape index (κ2) is 11.1. The molecule has 7 nitrogen and oxygen atoms in total. The fraction of sp³-hybridized carbons (Fsp3) is 0.471. The molecule has 0 radical (unpaired) electrons. The maximum Gasteiger partial charge on any atom is 0.421 e. The number of aryl methyl sites for hydroxylation is 2. The molecule has 2 aromatic heterocycles. The molecule has 0 aliphatic carbocycles. The van der Waals surface area contributed by atoms with Gasteiger partial charge in [-0.25, -0.2) is 15.0 Å². The predicted molar refractivity (Wildman–Crippen MR) is 109 cm³/mol. The van der Waals surface area contributed by atoms with E-state index in [2.05, 4.69) is 25.6 Å². The van der Waals surface area contributed by atoms with Crippen LogP contribution in [0.25, 0.3) is 0 Å². The molecule has 2 rings (SSSR count). The van der Waals surface area contributed by atoms with Gasteiger partial charge in [0.05, 0.1) is 12.2 Å². The maximum atomic E-state index is 12.9. The summed E-state index contributed by atoms with van der Waals surface area (Å²) in [5, 5.41) is 6.00. The molecule has 0 fully saturated rings. The lowest BCUT2D eigenvalue weighted by molar-refractivity contribution is -0.139. The maximum absolute atomic E-state index is 12.9. The Morgan fingerprint density at radius 3 is 2.64 bits per heavy atom. The Kier molecular flexibility index (Phi) is 9.49. The van der Waals surface area contributed by atoms with E-state index < -0.39 is 17.6 Å². The summed E-state index contributed by atoms with van der Waals surface area (Å²) < 4.78 is 49.3. The van der Waals surface area contributed by atoms with Crippen LogP contribution in [0.15, 0.2) is 27.7 Å². The van der Waals surface area contributed by atoms with Crippen LogP contribution in [0, 0.1) is 13.8 Å². The molecule has 0 amide bonds. The highest BCUT2D eigenvalue weighted by molar-refractivity contribution is 14.0. The SMILES string of the molecule is CCNC(=NCc1nc(C)c(C)o1)NCCOc1ncccc1C(F)(F)F.I. The Morgan fingerprint density at radius 1 is 1.29 bits per heavy atom. The molecular formula is C17H23F3IN5O2. The molecule has 0 unspecified atom stereocenters. The van der Waals surface area contributed by atoms with Crippen LogP contribution >= 0.6 is 24.0 Å². The lowest BCUT2D eigenvalue weighted by atomic mass is 10.2. The van der Waals surface area contributed by atoms with Gasteiger partial charge in [-0.3, -0.25) is 0 Å². The van der Waals surface area contributed by atoms with E-state index >= 15 is 0 Å². The molecule has 2 aromatic rings. The standard InChI is InChI=1S/C17H22F3N5O2.HI/c1-4-21-16(24-10-14-25-11(2)12(3)27-14)23-8-9-26-15-13(17(18,19)20)6-5-7-22-15;/h5-7H,4,8-10H2,1-3H3,(H2,21,23,24);1H. The highest BCUT2D eigenvalue weighted by Crippen LogP contribution is 2.34. The average Bonchev–Trinajstić information content (AvgIpc) is 2.94. The largest absolute Gasteiger partial charge is 0.475 e. The van der Waals surface area contributed by atoms with Crippen molar-refractivity contribution in [3.05, 3.63) is 41.2 Å². The lowest BCUT2D eigenvalue weighted by Gasteiger charge is -2.14. The number of rotatable bonds is 7. The molecule has 0 spiro atoms. The Morgan fingerprint density at radius 2 is 2.04 bits per heavy atom. The molecule has 0 aliphatic rings. The van der Waals surface area contributed by atoms with Crippen molar-refractivity contribution in [2.75, 3.05) is 19.7 Å². The average molecular weight is 513 g/mol. The van der Waals surface area contributed by atoms with Crippen LogP contribution < -0.4 is 15.4 Å². The third kappa shape index (κ3) is 7.17. The fourth-order valence-electron chi connectivity index (χ4n) is 2.13. The Balaban J connectivity index is 0.00000392. The van der Waals surface area contributed by atoms with Gasteiger partial charge in [0.2, 0.25) is 11.8 Å². The van der Waals surface area contributed by atoms with Gasteiger partial charge in [0.15, 0.2) is 5.96 Å². The molecule has 28 heavy (non-hydrogen) atoms. The molecule has 11 heteroatoms. The third-order valence-electron chi connectivity index (χ3n) is 3.50. The van der Waals surface area contributed by atoms with E-state index in [4.69, 9.17) is 9.15 Å². The zero-order valence-corrected chi connectivity index (χ0v) is 18.1. The van der Waals surface area contributed by atoms with E-state index in [0.717, 1.165) is 17.5 Å². The van der Waals surface area contributed by atoms with E-state index in [0.29, 0.717) is 18.4 Å². The number of aromatic nitrogens is 2.